The second kappa shape index (κ2) is 8.10. The van der Waals surface area contributed by atoms with Crippen LogP contribution in [0.2, 0.25) is 5.02 Å². The van der Waals surface area contributed by atoms with Gasteiger partial charge < -0.3 is 15.0 Å². The fraction of sp³-hybridized carbons (Fsp3) is 0.474. The minimum Gasteiger partial charge on any atom is -0.497 e. The van der Waals surface area contributed by atoms with Crippen molar-refractivity contribution >= 4 is 17.5 Å². The number of hydrogen-bond donors (Lipinski definition) is 1. The van der Waals surface area contributed by atoms with Crippen LogP contribution in [-0.4, -0.2) is 53.4 Å². The number of nitrogens with zero attached hydrogens (tertiary/aromatic N) is 3. The highest BCUT2D eigenvalue weighted by atomic mass is 35.5. The van der Waals surface area contributed by atoms with Gasteiger partial charge in [0.2, 0.25) is 0 Å². The number of aryl methyl sites for hydroxylation is 1. The van der Waals surface area contributed by atoms with Crippen molar-refractivity contribution in [1.82, 2.24) is 20.0 Å². The van der Waals surface area contributed by atoms with Gasteiger partial charge in [-0.15, -0.1) is 0 Å². The zero-order chi connectivity index (χ0) is 18.7. The fourth-order valence-electron chi connectivity index (χ4n) is 3.62. The third-order valence-electron chi connectivity index (χ3n) is 4.90. The van der Waals surface area contributed by atoms with Crippen molar-refractivity contribution in [3.8, 4) is 5.75 Å². The van der Waals surface area contributed by atoms with E-state index in [4.69, 9.17) is 16.3 Å². The highest BCUT2D eigenvalue weighted by Crippen LogP contribution is 2.29. The summed E-state index contributed by atoms with van der Waals surface area (Å²) in [6.45, 7) is 4.94. The van der Waals surface area contributed by atoms with Crippen LogP contribution >= 0.6 is 11.6 Å². The number of methoxy groups -OCH3 is 1. The van der Waals surface area contributed by atoms with E-state index in [1.807, 2.05) is 12.1 Å². The molecule has 1 N–H and O–H groups in total. The minimum absolute atomic E-state index is 0.0217. The van der Waals surface area contributed by atoms with Gasteiger partial charge in [-0.2, -0.15) is 5.10 Å². The van der Waals surface area contributed by atoms with E-state index in [9.17, 15) is 4.79 Å². The summed E-state index contributed by atoms with van der Waals surface area (Å²) in [5, 5.41) is 7.59. The molecule has 26 heavy (non-hydrogen) atoms. The molecule has 2 heterocycles. The molecule has 0 bridgehead atoms. The lowest BCUT2D eigenvalue weighted by Crippen LogP contribution is -2.40. The van der Waals surface area contributed by atoms with Crippen LogP contribution in [0.25, 0.3) is 0 Å². The maximum Gasteiger partial charge on any atom is 0.271 e. The smallest absolute Gasteiger partial charge is 0.271 e. The van der Waals surface area contributed by atoms with Gasteiger partial charge in [0.25, 0.3) is 5.91 Å². The van der Waals surface area contributed by atoms with E-state index in [0.29, 0.717) is 10.7 Å². The minimum atomic E-state index is -0.183. The summed E-state index contributed by atoms with van der Waals surface area (Å²) < 4.78 is 6.77. The molecule has 1 amide bonds. The number of halogens is 1. The van der Waals surface area contributed by atoms with Crippen LogP contribution in [-0.2, 0) is 7.05 Å². The molecule has 6 nitrogen and oxygen atoms in total. The maximum absolute atomic E-state index is 12.8. The molecule has 3 rings (SSSR count). The molecule has 2 aromatic rings. The van der Waals surface area contributed by atoms with Crippen LogP contribution in [0.5, 0.6) is 5.75 Å². The average molecular weight is 377 g/mol. The molecule has 0 spiro atoms. The van der Waals surface area contributed by atoms with E-state index < -0.39 is 0 Å². The van der Waals surface area contributed by atoms with Gasteiger partial charge in [0.1, 0.15) is 11.4 Å². The normalized spacial score (nSPS) is 20.3. The van der Waals surface area contributed by atoms with Crippen molar-refractivity contribution in [1.29, 1.82) is 0 Å². The predicted molar refractivity (Wildman–Crippen MR) is 102 cm³/mol. The van der Waals surface area contributed by atoms with Gasteiger partial charge in [-0.3, -0.25) is 9.48 Å². The van der Waals surface area contributed by atoms with Crippen molar-refractivity contribution < 1.29 is 9.53 Å². The number of amides is 1. The van der Waals surface area contributed by atoms with Gasteiger partial charge in [0.15, 0.2) is 0 Å². The first-order valence-corrected chi connectivity index (χ1v) is 9.26. The monoisotopic (exact) mass is 376 g/mol. The van der Waals surface area contributed by atoms with E-state index in [1.165, 1.54) is 16.4 Å². The average Bonchev–Trinajstić information content (AvgIpc) is 3.18. The van der Waals surface area contributed by atoms with E-state index >= 15 is 0 Å². The molecule has 0 aliphatic carbocycles. The molecule has 0 saturated carbocycles. The summed E-state index contributed by atoms with van der Waals surface area (Å²) in [6.07, 6.45) is 2.58. The third-order valence-corrected chi connectivity index (χ3v) is 5.18. The topological polar surface area (TPSA) is 59.4 Å². The zero-order valence-corrected chi connectivity index (χ0v) is 16.2. The molecule has 7 heteroatoms. The summed E-state index contributed by atoms with van der Waals surface area (Å²) in [7, 11) is 3.38. The molecule has 140 valence electrons. The SMILES string of the molecule is CCCN1C[C@H](NC(=O)c2c(Cl)cnn2C)[C@@H](c2ccc(OC)cc2)C1. The molecule has 1 aromatic heterocycles. The molecule has 1 saturated heterocycles. The van der Waals surface area contributed by atoms with Crippen LogP contribution in [0.1, 0.15) is 35.3 Å². The maximum atomic E-state index is 12.8. The lowest BCUT2D eigenvalue weighted by atomic mass is 9.94. The number of likely N-dealkylation sites (tertiary alicyclic amines) is 1. The Morgan fingerprint density at radius 3 is 2.65 bits per heavy atom. The second-order valence-electron chi connectivity index (χ2n) is 6.68. The predicted octanol–water partition coefficient (Wildman–Crippen LogP) is 2.69. The van der Waals surface area contributed by atoms with Crippen LogP contribution in [0.3, 0.4) is 0 Å². The number of ether oxygens (including phenoxy) is 1. The molecule has 2 atom stereocenters. The largest absolute Gasteiger partial charge is 0.497 e. The Labute approximate surface area is 159 Å². The zero-order valence-electron chi connectivity index (χ0n) is 15.4. The number of nitrogens with one attached hydrogen (secondary N) is 1. The summed E-state index contributed by atoms with van der Waals surface area (Å²) in [5.41, 5.74) is 1.60. The summed E-state index contributed by atoms with van der Waals surface area (Å²) in [5.74, 6) is 0.875. The molecular formula is C19H25ClN4O2. The summed E-state index contributed by atoms with van der Waals surface area (Å²) >= 11 is 6.12. The van der Waals surface area contributed by atoms with E-state index in [-0.39, 0.29) is 17.9 Å². The van der Waals surface area contributed by atoms with Crippen molar-refractivity contribution in [2.24, 2.45) is 7.05 Å². The van der Waals surface area contributed by atoms with Gasteiger partial charge >= 0.3 is 0 Å². The Morgan fingerprint density at radius 1 is 1.35 bits per heavy atom. The van der Waals surface area contributed by atoms with Crippen molar-refractivity contribution in [2.75, 3.05) is 26.7 Å². The Kier molecular flexibility index (Phi) is 5.84. The van der Waals surface area contributed by atoms with E-state index in [1.54, 1.807) is 14.2 Å². The first-order chi connectivity index (χ1) is 12.5. The standard InChI is InChI=1S/C19H25ClN4O2/c1-4-9-24-11-15(13-5-7-14(26-3)8-6-13)17(12-24)22-19(25)18-16(20)10-21-23(18)2/h5-8,10,15,17H,4,9,11-12H2,1-3H3,(H,22,25)/t15-,17+/m1/s1. The van der Waals surface area contributed by atoms with Crippen molar-refractivity contribution in [2.45, 2.75) is 25.3 Å². The van der Waals surface area contributed by atoms with Gasteiger partial charge in [0, 0.05) is 32.1 Å². The first kappa shape index (κ1) is 18.7. The van der Waals surface area contributed by atoms with Gasteiger partial charge in [-0.25, -0.2) is 0 Å². The Morgan fingerprint density at radius 2 is 2.08 bits per heavy atom. The molecule has 1 aliphatic heterocycles. The number of aromatic nitrogens is 2. The molecule has 0 unspecified atom stereocenters. The number of carbonyl (C=O) groups is 1. The van der Waals surface area contributed by atoms with Crippen LogP contribution < -0.4 is 10.1 Å². The first-order valence-electron chi connectivity index (χ1n) is 8.88. The van der Waals surface area contributed by atoms with Crippen LogP contribution in [0, 0.1) is 0 Å². The summed E-state index contributed by atoms with van der Waals surface area (Å²) in [4.78, 5) is 15.1. The Hall–Kier alpha value is -2.05. The second-order valence-corrected chi connectivity index (χ2v) is 7.09. The quantitative estimate of drug-likeness (QED) is 0.842. The van der Waals surface area contributed by atoms with E-state index in [0.717, 1.165) is 31.8 Å². The lowest BCUT2D eigenvalue weighted by molar-refractivity contribution is 0.0925. The number of carbonyl (C=O) groups excluding carboxylic acids is 1. The summed E-state index contributed by atoms with van der Waals surface area (Å²) in [6, 6.07) is 8.11. The number of hydrogen-bond acceptors (Lipinski definition) is 4. The van der Waals surface area contributed by atoms with Gasteiger partial charge in [0.05, 0.1) is 18.3 Å². The molecule has 1 aliphatic rings. The number of rotatable bonds is 6. The van der Waals surface area contributed by atoms with Crippen LogP contribution in [0.15, 0.2) is 30.5 Å². The molecule has 1 fully saturated rings. The van der Waals surface area contributed by atoms with Crippen molar-refractivity contribution in [3.05, 3.63) is 46.7 Å². The molecular weight excluding hydrogens is 352 g/mol. The van der Waals surface area contributed by atoms with E-state index in [2.05, 4.69) is 34.4 Å². The fourth-order valence-corrected chi connectivity index (χ4v) is 3.87. The van der Waals surface area contributed by atoms with Crippen LogP contribution in [0.4, 0.5) is 0 Å². The third kappa shape index (κ3) is 3.86. The van der Waals surface area contributed by atoms with Crippen molar-refractivity contribution in [3.63, 3.8) is 0 Å². The highest BCUT2D eigenvalue weighted by molar-refractivity contribution is 6.33. The molecule has 0 radical (unpaired) electrons. The Balaban J connectivity index is 1.80. The lowest BCUT2D eigenvalue weighted by Gasteiger charge is -2.20. The van der Waals surface area contributed by atoms with Gasteiger partial charge in [-0.05, 0) is 30.7 Å². The molecule has 1 aromatic carbocycles. The highest BCUT2D eigenvalue weighted by Gasteiger charge is 2.35. The number of benzene rings is 1. The van der Waals surface area contributed by atoms with Gasteiger partial charge in [-0.1, -0.05) is 30.7 Å². The Bertz CT molecular complexity index is 740.